The van der Waals surface area contributed by atoms with E-state index in [-0.39, 0.29) is 4.57 Å². The van der Waals surface area contributed by atoms with Crippen LogP contribution < -0.4 is 11.3 Å². The predicted octanol–water partition coefficient (Wildman–Crippen LogP) is 3.56. The van der Waals surface area contributed by atoms with Crippen molar-refractivity contribution in [3.8, 4) is 5.69 Å². The highest BCUT2D eigenvalue weighted by atomic mass is 35.5. The second-order valence-electron chi connectivity index (χ2n) is 4.70. The lowest BCUT2D eigenvalue weighted by atomic mass is 10.2. The Morgan fingerprint density at radius 2 is 1.68 bits per heavy atom. The monoisotopic (exact) mass is 401 g/mol. The van der Waals surface area contributed by atoms with Crippen molar-refractivity contribution in [1.82, 2.24) is 9.55 Å². The molecule has 25 heavy (non-hydrogen) atoms. The molecule has 0 aliphatic rings. The zero-order valence-corrected chi connectivity index (χ0v) is 13.3. The number of nitrogens with zero attached hydrogens (tertiary/aromatic N) is 2. The molecular formula is C13H6ClF6N3OS. The first-order valence-electron chi connectivity index (χ1n) is 6.19. The lowest BCUT2D eigenvalue weighted by Crippen LogP contribution is -2.26. The predicted molar refractivity (Wildman–Crippen MR) is 80.7 cm³/mol. The molecule has 0 aliphatic heterocycles. The second kappa shape index (κ2) is 6.30. The van der Waals surface area contributed by atoms with E-state index in [1.54, 1.807) is 0 Å². The van der Waals surface area contributed by atoms with Gasteiger partial charge in [0.15, 0.2) is 0 Å². The van der Waals surface area contributed by atoms with Gasteiger partial charge in [0.1, 0.15) is 15.7 Å². The molecule has 0 radical (unpaired) electrons. The summed E-state index contributed by atoms with van der Waals surface area (Å²) in [5, 5.41) is -0.846. The first kappa shape index (κ1) is 19.2. The van der Waals surface area contributed by atoms with Gasteiger partial charge in [0.2, 0.25) is 0 Å². The van der Waals surface area contributed by atoms with Crippen molar-refractivity contribution >= 4 is 28.8 Å². The molecule has 2 aromatic heterocycles. The topological polar surface area (TPSA) is 60.9 Å². The van der Waals surface area contributed by atoms with Crippen molar-refractivity contribution in [2.45, 2.75) is 12.4 Å². The molecule has 2 heterocycles. The van der Waals surface area contributed by atoms with Gasteiger partial charge in [-0.2, -0.15) is 26.3 Å². The summed E-state index contributed by atoms with van der Waals surface area (Å²) in [5.74, 6) is 0. The maximum atomic E-state index is 12.9. The summed E-state index contributed by atoms with van der Waals surface area (Å²) in [7, 11) is 0. The van der Waals surface area contributed by atoms with Crippen molar-refractivity contribution in [2.75, 3.05) is 0 Å². The fourth-order valence-corrected chi connectivity index (χ4v) is 2.23. The van der Waals surface area contributed by atoms with E-state index in [0.29, 0.717) is 24.5 Å². The average molecular weight is 402 g/mol. The minimum Gasteiger partial charge on any atom is -0.388 e. The maximum absolute atomic E-state index is 12.9. The van der Waals surface area contributed by atoms with Crippen LogP contribution in [0.5, 0.6) is 0 Å². The molecule has 4 nitrogen and oxygen atoms in total. The van der Waals surface area contributed by atoms with Crippen LogP contribution in [0.4, 0.5) is 26.3 Å². The van der Waals surface area contributed by atoms with Crippen LogP contribution in [-0.2, 0) is 12.4 Å². The van der Waals surface area contributed by atoms with Crippen molar-refractivity contribution in [3.05, 3.63) is 56.7 Å². The number of alkyl halides is 6. The van der Waals surface area contributed by atoms with Crippen molar-refractivity contribution < 1.29 is 26.3 Å². The maximum Gasteiger partial charge on any atom is 0.417 e. The van der Waals surface area contributed by atoms with Gasteiger partial charge in [-0.15, -0.1) is 0 Å². The van der Waals surface area contributed by atoms with E-state index < -0.39 is 50.4 Å². The quantitative estimate of drug-likeness (QED) is 0.617. The third kappa shape index (κ3) is 3.93. The first-order chi connectivity index (χ1) is 11.3. The van der Waals surface area contributed by atoms with Gasteiger partial charge in [0, 0.05) is 12.4 Å². The minimum atomic E-state index is -4.89. The van der Waals surface area contributed by atoms with E-state index in [2.05, 4.69) is 17.2 Å². The van der Waals surface area contributed by atoms with Crippen LogP contribution in [0.25, 0.3) is 5.69 Å². The fraction of sp³-hybridized carbons (Fsp3) is 0.154. The van der Waals surface area contributed by atoms with Gasteiger partial charge in [0.25, 0.3) is 5.56 Å². The number of thiocarbonyl (C=S) groups is 1. The number of hydrogen-bond acceptors (Lipinski definition) is 3. The molecule has 0 aromatic carbocycles. The van der Waals surface area contributed by atoms with Crippen LogP contribution in [0.3, 0.4) is 0 Å². The molecule has 0 amide bonds. The normalized spacial score (nSPS) is 12.3. The summed E-state index contributed by atoms with van der Waals surface area (Å²) in [6.45, 7) is 0. The van der Waals surface area contributed by atoms with Crippen LogP contribution in [-0.4, -0.2) is 14.5 Å². The van der Waals surface area contributed by atoms with Crippen molar-refractivity contribution in [2.24, 2.45) is 5.73 Å². The van der Waals surface area contributed by atoms with Crippen LogP contribution in [0, 0.1) is 0 Å². The summed E-state index contributed by atoms with van der Waals surface area (Å²) in [6, 6.07) is 0.779. The largest absolute Gasteiger partial charge is 0.417 e. The standard InChI is InChI=1S/C13H6ClF6N3OS/c14-7-1-6(13(18,19)20)4-23(11(7)24)8-2-5(12(15,16)17)3-22-9(8)10(21)25/h1-4H,(H2,21,25). The molecule has 0 aliphatic carbocycles. The van der Waals surface area contributed by atoms with E-state index in [0.717, 1.165) is 0 Å². The molecule has 0 unspecified atom stereocenters. The highest BCUT2D eigenvalue weighted by molar-refractivity contribution is 7.80. The highest BCUT2D eigenvalue weighted by Crippen LogP contribution is 2.32. The third-order valence-corrected chi connectivity index (χ3v) is 3.45. The minimum absolute atomic E-state index is 0.280. The molecule has 0 saturated heterocycles. The Morgan fingerprint density at radius 3 is 2.16 bits per heavy atom. The first-order valence-corrected chi connectivity index (χ1v) is 6.98. The van der Waals surface area contributed by atoms with E-state index in [9.17, 15) is 31.1 Å². The molecule has 134 valence electrons. The lowest BCUT2D eigenvalue weighted by molar-refractivity contribution is -0.138. The van der Waals surface area contributed by atoms with Crippen LogP contribution in [0.1, 0.15) is 16.8 Å². The Hall–Kier alpha value is -2.14. The highest BCUT2D eigenvalue weighted by Gasteiger charge is 2.34. The fourth-order valence-electron chi connectivity index (χ4n) is 1.86. The van der Waals surface area contributed by atoms with E-state index >= 15 is 0 Å². The Balaban J connectivity index is 2.87. The Bertz CT molecular complexity index is 906. The van der Waals surface area contributed by atoms with Gasteiger partial charge in [-0.05, 0) is 12.1 Å². The van der Waals surface area contributed by atoms with Crippen LogP contribution in [0.15, 0.2) is 29.3 Å². The average Bonchev–Trinajstić information content (AvgIpc) is 2.47. The van der Waals surface area contributed by atoms with Crippen LogP contribution in [0.2, 0.25) is 5.02 Å². The number of nitrogens with two attached hydrogens (primary N) is 1. The van der Waals surface area contributed by atoms with Crippen molar-refractivity contribution in [3.63, 3.8) is 0 Å². The van der Waals surface area contributed by atoms with E-state index in [1.807, 2.05) is 0 Å². The Morgan fingerprint density at radius 1 is 1.12 bits per heavy atom. The number of rotatable bonds is 2. The molecule has 2 aromatic rings. The zero-order valence-electron chi connectivity index (χ0n) is 11.7. The molecule has 12 heteroatoms. The molecular weight excluding hydrogens is 396 g/mol. The molecule has 0 saturated carbocycles. The van der Waals surface area contributed by atoms with Gasteiger partial charge in [-0.25, -0.2) is 0 Å². The summed E-state index contributed by atoms with van der Waals surface area (Å²) < 4.78 is 77.6. The molecule has 0 atom stereocenters. The van der Waals surface area contributed by atoms with Crippen LogP contribution >= 0.6 is 23.8 Å². The van der Waals surface area contributed by atoms with Gasteiger partial charge in [0.05, 0.1) is 16.8 Å². The Labute approximate surface area is 145 Å². The van der Waals surface area contributed by atoms with E-state index in [1.165, 1.54) is 0 Å². The molecule has 0 spiro atoms. The lowest BCUT2D eigenvalue weighted by Gasteiger charge is -2.16. The molecule has 0 bridgehead atoms. The molecule has 0 fully saturated rings. The number of hydrogen-bond donors (Lipinski definition) is 1. The zero-order chi connectivity index (χ0) is 19.2. The summed E-state index contributed by atoms with van der Waals surface area (Å²) in [4.78, 5) is 15.0. The van der Waals surface area contributed by atoms with E-state index in [4.69, 9.17) is 17.3 Å². The Kier molecular flexibility index (Phi) is 4.83. The SMILES string of the molecule is NC(=S)c1ncc(C(F)(F)F)cc1-n1cc(C(F)(F)F)cc(Cl)c1=O. The number of pyridine rings is 2. The molecule has 2 rings (SSSR count). The second-order valence-corrected chi connectivity index (χ2v) is 5.55. The van der Waals surface area contributed by atoms with Gasteiger partial charge in [-0.3, -0.25) is 14.3 Å². The number of halogens is 7. The summed E-state index contributed by atoms with van der Waals surface area (Å²) in [5.41, 5.74) is 0.382. The summed E-state index contributed by atoms with van der Waals surface area (Å²) in [6.07, 6.45) is -9.05. The third-order valence-electron chi connectivity index (χ3n) is 2.99. The van der Waals surface area contributed by atoms with Crippen molar-refractivity contribution in [1.29, 1.82) is 0 Å². The van der Waals surface area contributed by atoms with Gasteiger partial charge >= 0.3 is 12.4 Å². The van der Waals surface area contributed by atoms with Gasteiger partial charge < -0.3 is 5.73 Å². The van der Waals surface area contributed by atoms with Gasteiger partial charge in [-0.1, -0.05) is 23.8 Å². The molecule has 2 N–H and O–H groups in total. The number of aromatic nitrogens is 2. The smallest absolute Gasteiger partial charge is 0.388 e. The summed E-state index contributed by atoms with van der Waals surface area (Å²) >= 11 is 10.1.